The maximum Gasteiger partial charge on any atom is 0.248 e. The van der Waals surface area contributed by atoms with Gasteiger partial charge < -0.3 is 10.5 Å². The van der Waals surface area contributed by atoms with Gasteiger partial charge in [-0.05, 0) is 73.0 Å². The second-order valence-corrected chi connectivity index (χ2v) is 6.30. The molecule has 2 N–H and O–H groups in total. The van der Waals surface area contributed by atoms with E-state index in [1.807, 2.05) is 31.2 Å². The summed E-state index contributed by atoms with van der Waals surface area (Å²) >= 11 is 0. The number of primary amides is 1. The minimum absolute atomic E-state index is 0. The number of ether oxygens (including phenoxy) is 1. The lowest BCUT2D eigenvalue weighted by Crippen LogP contribution is -2.12. The number of nitrogens with two attached hydrogens (primary N) is 1. The van der Waals surface area contributed by atoms with Gasteiger partial charge in [0.25, 0.3) is 0 Å². The smallest absolute Gasteiger partial charge is 0.248 e. The second-order valence-electron chi connectivity index (χ2n) is 6.30. The van der Waals surface area contributed by atoms with Crippen molar-refractivity contribution in [3.8, 4) is 16.9 Å². The second kappa shape index (κ2) is 9.15. The summed E-state index contributed by atoms with van der Waals surface area (Å²) in [6.45, 7) is 3.70. The van der Waals surface area contributed by atoms with E-state index < -0.39 is 5.91 Å². The quantitative estimate of drug-likeness (QED) is 0.627. The number of pyridine rings is 1. The van der Waals surface area contributed by atoms with Crippen LogP contribution in [-0.2, 0) is 6.61 Å². The van der Waals surface area contributed by atoms with Crippen LogP contribution in [0.4, 0.5) is 0 Å². The molecule has 0 spiro atoms. The third kappa shape index (κ3) is 4.96. The molecule has 0 radical (unpaired) electrons. The number of hydrogen-bond acceptors (Lipinski definition) is 4. The van der Waals surface area contributed by atoms with Gasteiger partial charge in [-0.25, -0.2) is 0 Å². The zero-order valence-electron chi connectivity index (χ0n) is 15.6. The fraction of sp³-hybridized carbons (Fsp3) is 0.136. The number of rotatable bonds is 6. The van der Waals surface area contributed by atoms with E-state index in [4.69, 9.17) is 10.5 Å². The van der Waals surface area contributed by atoms with Crippen LogP contribution >= 0.6 is 12.4 Å². The summed E-state index contributed by atoms with van der Waals surface area (Å²) in [4.78, 5) is 27.0. The van der Waals surface area contributed by atoms with E-state index in [1.165, 1.54) is 6.92 Å². The molecule has 1 aromatic heterocycles. The van der Waals surface area contributed by atoms with Gasteiger partial charge in [-0.15, -0.1) is 12.4 Å². The predicted octanol–water partition coefficient (Wildman–Crippen LogP) is 4.36. The lowest BCUT2D eigenvalue weighted by molar-refractivity contribution is 0.0995. The van der Waals surface area contributed by atoms with Crippen molar-refractivity contribution in [3.05, 3.63) is 83.2 Å². The molecule has 28 heavy (non-hydrogen) atoms. The van der Waals surface area contributed by atoms with E-state index in [0.29, 0.717) is 23.5 Å². The summed E-state index contributed by atoms with van der Waals surface area (Å²) in [5.41, 5.74) is 10.1. The van der Waals surface area contributed by atoms with Crippen LogP contribution in [0.5, 0.6) is 5.75 Å². The normalized spacial score (nSPS) is 10.1. The Balaban J connectivity index is 0.00000280. The first-order chi connectivity index (χ1) is 12.9. The number of amides is 1. The Morgan fingerprint density at radius 2 is 1.68 bits per heavy atom. The highest BCUT2D eigenvalue weighted by Crippen LogP contribution is 2.23. The fourth-order valence-corrected chi connectivity index (χ4v) is 2.80. The van der Waals surface area contributed by atoms with Crippen molar-refractivity contribution in [2.24, 2.45) is 5.73 Å². The zero-order chi connectivity index (χ0) is 19.4. The minimum Gasteiger partial charge on any atom is -0.487 e. The van der Waals surface area contributed by atoms with Gasteiger partial charge >= 0.3 is 0 Å². The highest BCUT2D eigenvalue weighted by atomic mass is 35.5. The Morgan fingerprint density at radius 1 is 1.00 bits per heavy atom. The summed E-state index contributed by atoms with van der Waals surface area (Å²) < 4.78 is 5.76. The number of nitrogens with zero attached hydrogens (tertiary/aromatic N) is 1. The van der Waals surface area contributed by atoms with Crippen LogP contribution in [0.2, 0.25) is 0 Å². The van der Waals surface area contributed by atoms with Crippen molar-refractivity contribution in [2.45, 2.75) is 20.5 Å². The van der Waals surface area contributed by atoms with Crippen LogP contribution in [-0.4, -0.2) is 16.7 Å². The van der Waals surface area contributed by atoms with Gasteiger partial charge in [0, 0.05) is 17.3 Å². The third-order valence-electron chi connectivity index (χ3n) is 4.29. The van der Waals surface area contributed by atoms with Crippen molar-refractivity contribution in [1.82, 2.24) is 4.98 Å². The average molecular weight is 397 g/mol. The summed E-state index contributed by atoms with van der Waals surface area (Å²) in [5, 5.41) is 0. The Labute approximate surface area is 170 Å². The van der Waals surface area contributed by atoms with Crippen molar-refractivity contribution in [2.75, 3.05) is 0 Å². The molecule has 1 amide bonds. The maximum absolute atomic E-state index is 11.4. The van der Waals surface area contributed by atoms with Gasteiger partial charge in [0.2, 0.25) is 5.91 Å². The minimum atomic E-state index is -0.432. The number of Topliss-reactive ketones (excluding diaryl/α,β-unsaturated/α-hetero) is 1. The zero-order valence-corrected chi connectivity index (χ0v) is 16.5. The van der Waals surface area contributed by atoms with Gasteiger partial charge in [0.05, 0.1) is 5.69 Å². The summed E-state index contributed by atoms with van der Waals surface area (Å²) in [6.07, 6.45) is 1.73. The lowest BCUT2D eigenvalue weighted by Gasteiger charge is -2.09. The Morgan fingerprint density at radius 3 is 2.29 bits per heavy atom. The van der Waals surface area contributed by atoms with Crippen LogP contribution in [0.1, 0.15) is 38.9 Å². The Kier molecular flexibility index (Phi) is 6.90. The first-order valence-corrected chi connectivity index (χ1v) is 8.53. The standard InChI is InChI=1S/C22H20N2O3.ClH/c1-14-11-17(5-8-21(14)22(23)26)18-9-10-24-19(12-18)13-27-20-6-3-16(4-7-20)15(2)25;/h3-12H,13H2,1-2H3,(H2,23,26);1H. The number of ketones is 1. The van der Waals surface area contributed by atoms with E-state index >= 15 is 0 Å². The topological polar surface area (TPSA) is 82.3 Å². The molecular weight excluding hydrogens is 376 g/mol. The number of halogens is 1. The van der Waals surface area contributed by atoms with Crippen LogP contribution < -0.4 is 10.5 Å². The van der Waals surface area contributed by atoms with E-state index in [-0.39, 0.29) is 18.2 Å². The molecule has 3 rings (SSSR count). The molecule has 2 aromatic carbocycles. The summed E-state index contributed by atoms with van der Waals surface area (Å²) in [5.74, 6) is 0.265. The molecule has 144 valence electrons. The molecular formula is C22H21ClN2O3. The highest BCUT2D eigenvalue weighted by molar-refractivity contribution is 5.95. The Bertz CT molecular complexity index is 1000. The fourth-order valence-electron chi connectivity index (χ4n) is 2.80. The molecule has 0 atom stereocenters. The lowest BCUT2D eigenvalue weighted by atomic mass is 10.00. The molecule has 0 saturated carbocycles. The van der Waals surface area contributed by atoms with Gasteiger partial charge in [-0.2, -0.15) is 0 Å². The molecule has 0 bridgehead atoms. The van der Waals surface area contributed by atoms with Crippen molar-refractivity contribution in [1.29, 1.82) is 0 Å². The number of hydrogen-bond donors (Lipinski definition) is 1. The van der Waals surface area contributed by atoms with Crippen LogP contribution in [0.3, 0.4) is 0 Å². The molecule has 3 aromatic rings. The SMILES string of the molecule is CC(=O)c1ccc(OCc2cc(-c3ccc(C(N)=O)c(C)c3)ccn2)cc1.Cl. The molecule has 0 aliphatic heterocycles. The first kappa shape index (κ1) is 21.1. The molecule has 5 nitrogen and oxygen atoms in total. The molecule has 0 aliphatic rings. The molecule has 0 fully saturated rings. The van der Waals surface area contributed by atoms with Crippen molar-refractivity contribution in [3.63, 3.8) is 0 Å². The third-order valence-corrected chi connectivity index (χ3v) is 4.29. The van der Waals surface area contributed by atoms with E-state index in [1.54, 1.807) is 36.5 Å². The van der Waals surface area contributed by atoms with Gasteiger partial charge in [0.15, 0.2) is 5.78 Å². The number of benzene rings is 2. The van der Waals surface area contributed by atoms with E-state index in [0.717, 1.165) is 22.4 Å². The summed E-state index contributed by atoms with van der Waals surface area (Å²) in [6, 6.07) is 16.4. The highest BCUT2D eigenvalue weighted by Gasteiger charge is 2.08. The van der Waals surface area contributed by atoms with Gasteiger partial charge in [-0.1, -0.05) is 12.1 Å². The van der Waals surface area contributed by atoms with Crippen molar-refractivity contribution < 1.29 is 14.3 Å². The number of carbonyl (C=O) groups is 2. The Hall–Kier alpha value is -3.18. The maximum atomic E-state index is 11.4. The van der Waals surface area contributed by atoms with E-state index in [9.17, 15) is 9.59 Å². The van der Waals surface area contributed by atoms with Crippen LogP contribution in [0.15, 0.2) is 60.8 Å². The monoisotopic (exact) mass is 396 g/mol. The van der Waals surface area contributed by atoms with Crippen molar-refractivity contribution >= 4 is 24.1 Å². The van der Waals surface area contributed by atoms with Gasteiger partial charge in [0.1, 0.15) is 12.4 Å². The first-order valence-electron chi connectivity index (χ1n) is 8.53. The molecule has 0 saturated heterocycles. The number of aryl methyl sites for hydroxylation is 1. The summed E-state index contributed by atoms with van der Waals surface area (Å²) in [7, 11) is 0. The van der Waals surface area contributed by atoms with Crippen LogP contribution in [0, 0.1) is 6.92 Å². The van der Waals surface area contributed by atoms with Gasteiger partial charge in [-0.3, -0.25) is 14.6 Å². The van der Waals surface area contributed by atoms with Crippen LogP contribution in [0.25, 0.3) is 11.1 Å². The molecule has 0 aliphatic carbocycles. The largest absolute Gasteiger partial charge is 0.487 e. The predicted molar refractivity (Wildman–Crippen MR) is 111 cm³/mol. The molecule has 0 unspecified atom stereocenters. The molecule has 1 heterocycles. The number of aromatic nitrogens is 1. The van der Waals surface area contributed by atoms with E-state index in [2.05, 4.69) is 4.98 Å². The number of carbonyl (C=O) groups excluding carboxylic acids is 2. The molecule has 6 heteroatoms. The average Bonchev–Trinajstić information content (AvgIpc) is 2.66.